The second-order valence-electron chi connectivity index (χ2n) is 19.0. The van der Waals surface area contributed by atoms with Gasteiger partial charge in [-0.1, -0.05) is 150 Å². The van der Waals surface area contributed by atoms with E-state index in [9.17, 15) is 0 Å². The van der Waals surface area contributed by atoms with Crippen molar-refractivity contribution in [3.63, 3.8) is 0 Å². The highest BCUT2D eigenvalue weighted by molar-refractivity contribution is 5.89. The molecule has 2 fully saturated rings. The maximum Gasteiger partial charge on any atom is 0.0465 e. The lowest BCUT2D eigenvalue weighted by Gasteiger charge is -2.40. The smallest absolute Gasteiger partial charge is 0.0465 e. The molecule has 7 aromatic carbocycles. The molecular formula is C56H49N. The summed E-state index contributed by atoms with van der Waals surface area (Å²) < 4.78 is 0. The average molecular weight is 736 g/mol. The molecule has 57 heavy (non-hydrogen) atoms. The van der Waals surface area contributed by atoms with Gasteiger partial charge in [0.15, 0.2) is 0 Å². The van der Waals surface area contributed by atoms with Gasteiger partial charge in [-0.3, -0.25) is 0 Å². The molecule has 1 heteroatoms. The van der Waals surface area contributed by atoms with E-state index in [0.717, 1.165) is 11.8 Å². The molecular weight excluding hydrogens is 687 g/mol. The summed E-state index contributed by atoms with van der Waals surface area (Å²) in [6.07, 6.45) is 6.76. The highest BCUT2D eigenvalue weighted by Crippen LogP contribution is 2.62. The van der Waals surface area contributed by atoms with E-state index >= 15 is 0 Å². The van der Waals surface area contributed by atoms with E-state index in [2.05, 4.69) is 184 Å². The van der Waals surface area contributed by atoms with E-state index in [1.54, 1.807) is 11.1 Å². The van der Waals surface area contributed by atoms with Crippen LogP contribution in [0.2, 0.25) is 0 Å². The Morgan fingerprint density at radius 3 is 1.40 bits per heavy atom. The summed E-state index contributed by atoms with van der Waals surface area (Å²) in [4.78, 5) is 2.54. The minimum absolute atomic E-state index is 0.0257. The van der Waals surface area contributed by atoms with E-state index in [1.807, 2.05) is 0 Å². The fourth-order valence-electron chi connectivity index (χ4n) is 12.6. The molecule has 2 bridgehead atoms. The van der Waals surface area contributed by atoms with E-state index in [4.69, 9.17) is 0 Å². The zero-order valence-electron chi connectivity index (χ0n) is 33.6. The molecule has 1 spiro atoms. The summed E-state index contributed by atoms with van der Waals surface area (Å²) in [6, 6.07) is 58.5. The quantitative estimate of drug-likeness (QED) is 0.174. The number of benzene rings is 7. The molecule has 0 N–H and O–H groups in total. The van der Waals surface area contributed by atoms with Crippen LogP contribution in [-0.2, 0) is 16.2 Å². The Bertz CT molecular complexity index is 2790. The van der Waals surface area contributed by atoms with E-state index in [1.165, 1.54) is 116 Å². The Balaban J connectivity index is 0.999. The van der Waals surface area contributed by atoms with Crippen molar-refractivity contribution in [3.05, 3.63) is 185 Å². The van der Waals surface area contributed by atoms with Gasteiger partial charge >= 0.3 is 0 Å². The van der Waals surface area contributed by atoms with Gasteiger partial charge in [-0.05, 0) is 151 Å². The summed E-state index contributed by atoms with van der Waals surface area (Å²) in [5, 5.41) is 0. The van der Waals surface area contributed by atoms with Gasteiger partial charge < -0.3 is 4.90 Å². The second-order valence-corrected chi connectivity index (χ2v) is 19.0. The largest absolute Gasteiger partial charge is 0.310 e. The first kappa shape index (κ1) is 33.5. The Morgan fingerprint density at radius 1 is 0.386 bits per heavy atom. The third kappa shape index (κ3) is 4.63. The van der Waals surface area contributed by atoms with Crippen molar-refractivity contribution in [1.29, 1.82) is 0 Å². The first-order valence-corrected chi connectivity index (χ1v) is 21.3. The number of rotatable bonds is 4. The fourth-order valence-corrected chi connectivity index (χ4v) is 12.6. The minimum atomic E-state index is -0.0799. The van der Waals surface area contributed by atoms with Crippen LogP contribution in [0.4, 0.5) is 17.1 Å². The van der Waals surface area contributed by atoms with Crippen molar-refractivity contribution in [1.82, 2.24) is 0 Å². The first-order chi connectivity index (χ1) is 27.7. The molecule has 0 heterocycles. The van der Waals surface area contributed by atoms with E-state index in [-0.39, 0.29) is 16.2 Å². The van der Waals surface area contributed by atoms with Crippen LogP contribution in [-0.4, -0.2) is 0 Å². The summed E-state index contributed by atoms with van der Waals surface area (Å²) in [6.45, 7) is 9.53. The summed E-state index contributed by atoms with van der Waals surface area (Å²) in [5.41, 5.74) is 23.3. The van der Waals surface area contributed by atoms with Gasteiger partial charge in [0.1, 0.15) is 0 Å². The van der Waals surface area contributed by atoms with Crippen molar-refractivity contribution >= 4 is 17.1 Å². The zero-order chi connectivity index (χ0) is 38.3. The molecule has 0 radical (unpaired) electrons. The lowest BCUT2D eigenvalue weighted by molar-refractivity contribution is 0.255. The second kappa shape index (κ2) is 11.7. The van der Waals surface area contributed by atoms with Crippen LogP contribution in [0, 0.1) is 11.8 Å². The predicted octanol–water partition coefficient (Wildman–Crippen LogP) is 14.9. The first-order valence-electron chi connectivity index (χ1n) is 21.3. The molecule has 5 aliphatic rings. The molecule has 278 valence electrons. The molecule has 12 rings (SSSR count). The standard InChI is InChI=1S/C56H49N/c1-54(2)48-14-8-5-11-42(48)45-26-21-38(30-51(45)54)37-19-22-39(23-20-37)57(40-24-27-46-43-12-6-9-15-49(43)55(3,4)52(46)31-40)41-25-28-47-44-13-7-10-16-50(44)56(53(47)32-41)33-35-17-18-36(29-35)34-56/h5-16,19-28,30-32,35-36H,17-18,29,33-34H2,1-4H3. The Hall–Kier alpha value is -5.66. The van der Waals surface area contributed by atoms with Crippen molar-refractivity contribution in [2.75, 3.05) is 4.90 Å². The van der Waals surface area contributed by atoms with E-state index < -0.39 is 0 Å². The predicted molar refractivity (Wildman–Crippen MR) is 238 cm³/mol. The third-order valence-electron chi connectivity index (χ3n) is 15.3. The lowest BCUT2D eigenvalue weighted by atomic mass is 9.64. The van der Waals surface area contributed by atoms with Crippen molar-refractivity contribution < 1.29 is 0 Å². The molecule has 5 aliphatic carbocycles. The summed E-state index contributed by atoms with van der Waals surface area (Å²) in [5.74, 6) is 1.66. The number of hydrogen-bond donors (Lipinski definition) is 0. The molecule has 1 nitrogen and oxygen atoms in total. The van der Waals surface area contributed by atoms with Gasteiger partial charge in [-0.2, -0.15) is 0 Å². The van der Waals surface area contributed by atoms with Crippen molar-refractivity contribution in [2.45, 2.75) is 76.0 Å². The number of anilines is 3. The van der Waals surface area contributed by atoms with Gasteiger partial charge in [-0.25, -0.2) is 0 Å². The summed E-state index contributed by atoms with van der Waals surface area (Å²) >= 11 is 0. The highest BCUT2D eigenvalue weighted by Gasteiger charge is 2.50. The van der Waals surface area contributed by atoms with Gasteiger partial charge in [0.25, 0.3) is 0 Å². The van der Waals surface area contributed by atoms with Crippen LogP contribution in [0.3, 0.4) is 0 Å². The van der Waals surface area contributed by atoms with Crippen LogP contribution >= 0.6 is 0 Å². The van der Waals surface area contributed by atoms with Crippen LogP contribution in [0.1, 0.15) is 93.2 Å². The van der Waals surface area contributed by atoms with Crippen LogP contribution in [0.15, 0.2) is 152 Å². The number of nitrogens with zero attached hydrogens (tertiary/aromatic N) is 1. The highest BCUT2D eigenvalue weighted by atomic mass is 15.1. The van der Waals surface area contributed by atoms with E-state index in [0.29, 0.717) is 0 Å². The molecule has 2 atom stereocenters. The number of fused-ring (bicyclic) bond motifs is 13. The van der Waals surface area contributed by atoms with Gasteiger partial charge in [-0.15, -0.1) is 0 Å². The molecule has 2 unspecified atom stereocenters. The Kier molecular flexibility index (Phi) is 6.87. The molecule has 0 amide bonds. The van der Waals surface area contributed by atoms with Crippen LogP contribution < -0.4 is 4.90 Å². The van der Waals surface area contributed by atoms with Gasteiger partial charge in [0.2, 0.25) is 0 Å². The molecule has 2 saturated carbocycles. The minimum Gasteiger partial charge on any atom is -0.310 e. The Labute approximate surface area is 338 Å². The monoisotopic (exact) mass is 735 g/mol. The van der Waals surface area contributed by atoms with Gasteiger partial charge in [0.05, 0.1) is 0 Å². The van der Waals surface area contributed by atoms with Crippen LogP contribution in [0.5, 0.6) is 0 Å². The zero-order valence-corrected chi connectivity index (χ0v) is 33.6. The van der Waals surface area contributed by atoms with Crippen LogP contribution in [0.25, 0.3) is 44.5 Å². The van der Waals surface area contributed by atoms with Gasteiger partial charge in [0, 0.05) is 33.3 Å². The Morgan fingerprint density at radius 2 is 0.807 bits per heavy atom. The maximum absolute atomic E-state index is 2.60. The lowest BCUT2D eigenvalue weighted by Crippen LogP contribution is -2.33. The fraction of sp³-hybridized carbons (Fsp3) is 0.250. The topological polar surface area (TPSA) is 3.24 Å². The third-order valence-corrected chi connectivity index (χ3v) is 15.3. The average Bonchev–Trinajstić information content (AvgIpc) is 3.88. The van der Waals surface area contributed by atoms with Crippen molar-refractivity contribution in [3.8, 4) is 44.5 Å². The van der Waals surface area contributed by atoms with Crippen molar-refractivity contribution in [2.24, 2.45) is 11.8 Å². The normalized spacial score (nSPS) is 22.0. The number of hydrogen-bond acceptors (Lipinski definition) is 1. The summed E-state index contributed by atoms with van der Waals surface area (Å²) in [7, 11) is 0. The maximum atomic E-state index is 2.60. The molecule has 0 aromatic heterocycles. The molecule has 0 aliphatic heterocycles. The molecule has 0 saturated heterocycles. The SMILES string of the molecule is CC1(C)c2ccccc2-c2ccc(-c3ccc(N(c4ccc5c(c4)C(C)(C)c4ccccc4-5)c4ccc5c(c4)C4(CC6CCC(C6)C4)c4ccccc4-5)cc3)cc21. The molecule has 7 aromatic rings.